The van der Waals surface area contributed by atoms with Crippen LogP contribution in [0.4, 0.5) is 0 Å². The van der Waals surface area contributed by atoms with E-state index in [9.17, 15) is 14.3 Å². The summed E-state index contributed by atoms with van der Waals surface area (Å²) in [5, 5.41) is 0. The Morgan fingerprint density at radius 3 is 1.39 bits per heavy atom. The molecule has 8 nitrogen and oxygen atoms in total. The third-order valence-corrected chi connectivity index (χ3v) is 11.8. The van der Waals surface area contributed by atoms with Gasteiger partial charge in [0.15, 0.2) is 0 Å². The monoisotopic (exact) mass is 831 g/mol. The number of rotatable bonds is 46. The number of likely N-dealkylation sites (N-methyl/N-ethyl adjacent to an activating group) is 1. The summed E-state index contributed by atoms with van der Waals surface area (Å²) in [6.07, 6.45) is 46.9. The molecular weight excluding hydrogens is 734 g/mol. The molecule has 0 spiro atoms. The van der Waals surface area contributed by atoms with Crippen molar-refractivity contribution < 1.29 is 37.3 Å². The Labute approximate surface area is 354 Å². The van der Waals surface area contributed by atoms with Crippen LogP contribution in [0.15, 0.2) is 12.2 Å². The molecule has 0 saturated carbocycles. The highest BCUT2D eigenvalue weighted by Gasteiger charge is 2.26. The Balaban J connectivity index is 4.00. The minimum atomic E-state index is -4.27. The van der Waals surface area contributed by atoms with E-state index in [2.05, 4.69) is 26.0 Å². The molecule has 0 aromatic heterocycles. The van der Waals surface area contributed by atoms with Crippen molar-refractivity contribution in [3.63, 3.8) is 0 Å². The molecule has 2 unspecified atom stereocenters. The fraction of sp³-hybridized carbons (Fsp3) is 0.938. The molecule has 0 amide bonds. The molecular formula is C48H97NO7P+. The van der Waals surface area contributed by atoms with Crippen molar-refractivity contribution in [3.8, 4) is 0 Å². The molecule has 0 aliphatic rings. The van der Waals surface area contributed by atoms with Gasteiger partial charge >= 0.3 is 13.8 Å². The third-order valence-electron chi connectivity index (χ3n) is 10.8. The van der Waals surface area contributed by atoms with Crippen LogP contribution in [0.2, 0.25) is 0 Å². The average Bonchev–Trinajstić information content (AvgIpc) is 3.16. The lowest BCUT2D eigenvalue weighted by molar-refractivity contribution is -0.870. The van der Waals surface area contributed by atoms with Crippen LogP contribution in [0.3, 0.4) is 0 Å². The smallest absolute Gasteiger partial charge is 0.457 e. The SMILES string of the molecule is CCCC/C=C\CCCCCCCC(=O)OC(COCCCCCCCCCCCCCCCCCCCCCCCCCC)COP(=O)(O)OCC[N+](C)(C)C. The lowest BCUT2D eigenvalue weighted by Crippen LogP contribution is -2.37. The number of carbonyl (C=O) groups is 1. The van der Waals surface area contributed by atoms with E-state index < -0.39 is 13.9 Å². The second-order valence-electron chi connectivity index (χ2n) is 17.9. The number of carbonyl (C=O) groups excluding carboxylic acids is 1. The summed E-state index contributed by atoms with van der Waals surface area (Å²) in [5.41, 5.74) is 0. The lowest BCUT2D eigenvalue weighted by atomic mass is 10.0. The predicted molar refractivity (Wildman–Crippen MR) is 243 cm³/mol. The van der Waals surface area contributed by atoms with E-state index in [0.717, 1.165) is 44.9 Å². The zero-order valence-electron chi connectivity index (χ0n) is 38.6. The van der Waals surface area contributed by atoms with Gasteiger partial charge in [0, 0.05) is 13.0 Å². The molecule has 0 heterocycles. The first kappa shape index (κ1) is 56.2. The van der Waals surface area contributed by atoms with E-state index in [4.69, 9.17) is 18.5 Å². The van der Waals surface area contributed by atoms with Gasteiger partial charge in [-0.1, -0.05) is 206 Å². The van der Waals surface area contributed by atoms with E-state index in [-0.39, 0.29) is 25.8 Å². The van der Waals surface area contributed by atoms with Crippen LogP contribution in [-0.4, -0.2) is 75.6 Å². The van der Waals surface area contributed by atoms with Gasteiger partial charge in [-0.2, -0.15) is 0 Å². The Morgan fingerprint density at radius 2 is 0.930 bits per heavy atom. The summed E-state index contributed by atoms with van der Waals surface area (Å²) in [7, 11) is 1.67. The number of quaternary nitrogens is 1. The number of nitrogens with zero attached hydrogens (tertiary/aromatic N) is 1. The number of hydrogen-bond acceptors (Lipinski definition) is 6. The summed E-state index contributed by atoms with van der Waals surface area (Å²) in [5.74, 6) is -0.320. The quantitative estimate of drug-likeness (QED) is 0.0215. The van der Waals surface area contributed by atoms with Gasteiger partial charge in [-0.3, -0.25) is 13.8 Å². The first-order valence-electron chi connectivity index (χ1n) is 24.4. The van der Waals surface area contributed by atoms with E-state index in [1.165, 1.54) is 167 Å². The van der Waals surface area contributed by atoms with Crippen LogP contribution in [0.5, 0.6) is 0 Å². The first-order chi connectivity index (χ1) is 27.6. The maximum atomic E-state index is 12.7. The fourth-order valence-corrected chi connectivity index (χ4v) is 7.75. The fourth-order valence-electron chi connectivity index (χ4n) is 7.01. The molecule has 1 N–H and O–H groups in total. The highest BCUT2D eigenvalue weighted by molar-refractivity contribution is 7.47. The van der Waals surface area contributed by atoms with Crippen molar-refractivity contribution in [1.29, 1.82) is 0 Å². The number of esters is 1. The molecule has 0 saturated heterocycles. The molecule has 0 bridgehead atoms. The summed E-state index contributed by atoms with van der Waals surface area (Å²) in [6, 6.07) is 0. The molecule has 9 heteroatoms. The number of allylic oxidation sites excluding steroid dienone is 2. The predicted octanol–water partition coefficient (Wildman–Crippen LogP) is 14.6. The van der Waals surface area contributed by atoms with Crippen LogP contribution in [0.1, 0.15) is 232 Å². The van der Waals surface area contributed by atoms with E-state index in [1.54, 1.807) is 0 Å². The number of phosphoric acid groups is 1. The van der Waals surface area contributed by atoms with Crippen LogP contribution < -0.4 is 0 Å². The van der Waals surface area contributed by atoms with Crippen LogP contribution in [0, 0.1) is 0 Å². The number of unbranched alkanes of at least 4 members (excludes halogenated alkanes) is 30. The van der Waals surface area contributed by atoms with Crippen molar-refractivity contribution in [3.05, 3.63) is 12.2 Å². The van der Waals surface area contributed by atoms with E-state index in [0.29, 0.717) is 24.1 Å². The molecule has 57 heavy (non-hydrogen) atoms. The first-order valence-corrected chi connectivity index (χ1v) is 25.9. The summed E-state index contributed by atoms with van der Waals surface area (Å²) in [6.45, 7) is 5.62. The number of phosphoric ester groups is 1. The second-order valence-corrected chi connectivity index (χ2v) is 19.3. The Bertz CT molecular complexity index is 925. The normalized spacial score (nSPS) is 13.7. The zero-order valence-corrected chi connectivity index (χ0v) is 39.5. The Morgan fingerprint density at radius 1 is 0.526 bits per heavy atom. The van der Waals surface area contributed by atoms with Crippen LogP contribution in [-0.2, 0) is 27.9 Å². The van der Waals surface area contributed by atoms with E-state index >= 15 is 0 Å². The summed E-state index contributed by atoms with van der Waals surface area (Å²) in [4.78, 5) is 22.9. The summed E-state index contributed by atoms with van der Waals surface area (Å²) < 4.78 is 35.0. The largest absolute Gasteiger partial charge is 0.472 e. The van der Waals surface area contributed by atoms with Crippen molar-refractivity contribution >= 4 is 13.8 Å². The second kappa shape index (κ2) is 42.0. The highest BCUT2D eigenvalue weighted by Crippen LogP contribution is 2.43. The molecule has 2 atom stereocenters. The van der Waals surface area contributed by atoms with Gasteiger partial charge in [-0.05, 0) is 32.1 Å². The molecule has 0 aliphatic heterocycles. The van der Waals surface area contributed by atoms with Crippen molar-refractivity contribution in [1.82, 2.24) is 0 Å². The van der Waals surface area contributed by atoms with Crippen molar-refractivity contribution in [2.24, 2.45) is 0 Å². The molecule has 0 aromatic carbocycles. The molecule has 0 radical (unpaired) electrons. The van der Waals surface area contributed by atoms with Gasteiger partial charge in [-0.15, -0.1) is 0 Å². The van der Waals surface area contributed by atoms with Gasteiger partial charge in [-0.25, -0.2) is 4.57 Å². The number of ether oxygens (including phenoxy) is 2. The van der Waals surface area contributed by atoms with E-state index in [1.807, 2.05) is 21.1 Å². The summed E-state index contributed by atoms with van der Waals surface area (Å²) >= 11 is 0. The van der Waals surface area contributed by atoms with Gasteiger partial charge < -0.3 is 18.9 Å². The van der Waals surface area contributed by atoms with Crippen LogP contribution in [0.25, 0.3) is 0 Å². The minimum absolute atomic E-state index is 0.0902. The molecule has 0 rings (SSSR count). The van der Waals surface area contributed by atoms with Gasteiger partial charge in [0.2, 0.25) is 0 Å². The van der Waals surface area contributed by atoms with Gasteiger partial charge in [0.25, 0.3) is 0 Å². The van der Waals surface area contributed by atoms with Gasteiger partial charge in [0.05, 0.1) is 34.4 Å². The van der Waals surface area contributed by atoms with Crippen LogP contribution >= 0.6 is 7.82 Å². The topological polar surface area (TPSA) is 91.3 Å². The Hall–Kier alpha value is -0.760. The molecule has 0 fully saturated rings. The molecule has 0 aliphatic carbocycles. The average molecular weight is 831 g/mol. The third kappa shape index (κ3) is 46.2. The highest BCUT2D eigenvalue weighted by atomic mass is 31.2. The maximum Gasteiger partial charge on any atom is 0.472 e. The molecule has 340 valence electrons. The van der Waals surface area contributed by atoms with Gasteiger partial charge in [0.1, 0.15) is 19.3 Å². The number of hydrogen-bond donors (Lipinski definition) is 1. The maximum absolute atomic E-state index is 12.7. The minimum Gasteiger partial charge on any atom is -0.457 e. The lowest BCUT2D eigenvalue weighted by Gasteiger charge is -2.24. The standard InChI is InChI=1S/C48H96NO7P/c1-6-8-10-12-14-16-18-19-20-21-22-23-24-25-26-27-28-29-30-32-34-36-38-40-43-53-45-47(46-55-57(51,52)54-44-42-49(3,4)5)56-48(50)41-39-37-35-33-31-17-15-13-11-9-7-2/h13,15,47H,6-12,14,16-46H2,1-5H3/p+1/b15-13-. The molecule has 0 aromatic rings. The van der Waals surface area contributed by atoms with Crippen molar-refractivity contribution in [2.45, 2.75) is 238 Å². The Kier molecular flexibility index (Phi) is 41.4. The van der Waals surface area contributed by atoms with Crippen molar-refractivity contribution in [2.75, 3.05) is 54.1 Å². The zero-order chi connectivity index (χ0) is 42.0.